The van der Waals surface area contributed by atoms with Crippen molar-refractivity contribution < 1.29 is 48.0 Å². The highest BCUT2D eigenvalue weighted by atomic mass is 35.5. The van der Waals surface area contributed by atoms with Crippen LogP contribution in [-0.2, 0) is 44.6 Å². The zero-order valence-corrected chi connectivity index (χ0v) is 41.7. The number of nitrogens with zero attached hydrogens (tertiary/aromatic N) is 5. The number of hydrogen-bond donors (Lipinski definition) is 3. The highest BCUT2D eigenvalue weighted by molar-refractivity contribution is 8.00. The number of likely N-dealkylation sites (N-methyl/N-ethyl adjacent to an activating group) is 1. The van der Waals surface area contributed by atoms with Crippen molar-refractivity contribution in [2.75, 3.05) is 38.0 Å². The average Bonchev–Trinajstić information content (AvgIpc) is 3.80. The van der Waals surface area contributed by atoms with Gasteiger partial charge in [0.05, 0.1) is 50.9 Å². The fraction of sp³-hybridized carbons (Fsp3) is 0.630. The molecule has 3 aliphatic rings. The van der Waals surface area contributed by atoms with Crippen LogP contribution in [0.3, 0.4) is 0 Å². The van der Waals surface area contributed by atoms with E-state index in [0.717, 1.165) is 0 Å². The zero-order chi connectivity index (χ0) is 48.6. The van der Waals surface area contributed by atoms with Crippen LogP contribution in [-0.4, -0.2) is 133 Å². The molecule has 2 fully saturated rings. The number of nitrogens with two attached hydrogens (primary N) is 1. The standard InChI is InChI=1S/C46H63Cl2N7O10S/c1-12-31-46(8)32(38(43(60)65-46)66-14-13-55-21-52-34-35(55)27(18-51-40(34)49)41(58)53-33-28(47)19-50-20-29(33)48)26(6)36(56)24(4)17-45(7,61-11)39(22(2)15-23(3)42(59)63-31)64-44-37(57)30(54(9)10)16-25(5)62-44/h15,18-22,24-26,30-32,37-39,44,57H,12-14,16-17H2,1-11H3,(H2,49,51)(H,50,53,58)/t22-,24+,25+,26+,30-,31+,32-,37+,38-,39+,44-,45+,46+/m0/s1. The summed E-state index contributed by atoms with van der Waals surface area (Å²) >= 11 is 13.9. The number of amides is 1. The van der Waals surface area contributed by atoms with E-state index in [1.807, 2.05) is 53.6 Å². The van der Waals surface area contributed by atoms with Crippen molar-refractivity contribution >= 4 is 81.1 Å². The molecule has 2 saturated heterocycles. The van der Waals surface area contributed by atoms with Crippen molar-refractivity contribution in [3.05, 3.63) is 52.2 Å². The van der Waals surface area contributed by atoms with Crippen molar-refractivity contribution in [1.29, 1.82) is 0 Å². The second-order valence-corrected chi connectivity index (χ2v) is 20.6. The SMILES string of the molecule is CC[C@H]1OC(=O)C(C)=C[C@H](C)[C@@H](O[C@@H]2O[C@H](C)C[C@H](N(C)C)[C@H]2O)[C@](C)(OC)C[C@@H](C)C(=O)[C@H](C)[C@H]2[C@H](SCCn3cnc4c(N)ncc(C(=O)Nc5c(Cl)cncc5Cl)c43)C(=O)O[C@@]21C. The molecule has 0 aliphatic carbocycles. The topological polar surface area (TPSA) is 220 Å². The van der Waals surface area contributed by atoms with Gasteiger partial charge in [-0.2, -0.15) is 0 Å². The number of ketones is 1. The number of aromatic nitrogens is 4. The number of ether oxygens (including phenoxy) is 5. The third-order valence-electron chi connectivity index (χ3n) is 13.6. The van der Waals surface area contributed by atoms with Gasteiger partial charge in [0.25, 0.3) is 5.91 Å². The summed E-state index contributed by atoms with van der Waals surface area (Å²) in [5.41, 5.74) is 5.00. The molecule has 0 spiro atoms. The first-order valence-electron chi connectivity index (χ1n) is 22.2. The summed E-state index contributed by atoms with van der Waals surface area (Å²) in [7, 11) is 5.34. The molecule has 3 aliphatic heterocycles. The third kappa shape index (κ3) is 10.3. The summed E-state index contributed by atoms with van der Waals surface area (Å²) in [6.07, 6.45) is 4.46. The molecule has 0 saturated carbocycles. The monoisotopic (exact) mass is 975 g/mol. The van der Waals surface area contributed by atoms with E-state index in [9.17, 15) is 24.3 Å². The van der Waals surface area contributed by atoms with E-state index in [1.165, 1.54) is 36.7 Å². The number of nitrogens with one attached hydrogen (secondary N) is 1. The Kier molecular flexibility index (Phi) is 16.2. The Morgan fingerprint density at radius 1 is 1.11 bits per heavy atom. The van der Waals surface area contributed by atoms with Crippen molar-refractivity contribution in [2.45, 2.75) is 134 Å². The molecule has 13 atom stereocenters. The van der Waals surface area contributed by atoms with Crippen LogP contribution in [0.15, 0.2) is 36.6 Å². The van der Waals surface area contributed by atoms with Crippen LogP contribution < -0.4 is 11.1 Å². The highest BCUT2D eigenvalue weighted by Gasteiger charge is 2.61. The van der Waals surface area contributed by atoms with Gasteiger partial charge in [-0.3, -0.25) is 19.4 Å². The fourth-order valence-electron chi connectivity index (χ4n) is 10.1. The largest absolute Gasteiger partial charge is 0.455 e. The van der Waals surface area contributed by atoms with E-state index in [-0.39, 0.29) is 64.4 Å². The Morgan fingerprint density at radius 3 is 2.42 bits per heavy atom. The molecule has 3 aromatic heterocycles. The summed E-state index contributed by atoms with van der Waals surface area (Å²) in [4.78, 5) is 71.4. The van der Waals surface area contributed by atoms with Gasteiger partial charge in [-0.05, 0) is 61.1 Å². The van der Waals surface area contributed by atoms with Crippen LogP contribution >= 0.6 is 35.0 Å². The number of aryl methyl sites for hydroxylation is 1. The van der Waals surface area contributed by atoms with Gasteiger partial charge >= 0.3 is 11.9 Å². The Morgan fingerprint density at radius 2 is 1.79 bits per heavy atom. The lowest BCUT2D eigenvalue weighted by molar-refractivity contribution is -0.294. The number of fused-ring (bicyclic) bond motifs is 2. The minimum absolute atomic E-state index is 0.110. The van der Waals surface area contributed by atoms with Crippen LogP contribution in [0, 0.1) is 23.7 Å². The predicted octanol–water partition coefficient (Wildman–Crippen LogP) is 6.37. The maximum Gasteiger partial charge on any atom is 0.333 e. The van der Waals surface area contributed by atoms with E-state index in [0.29, 0.717) is 28.8 Å². The van der Waals surface area contributed by atoms with Crippen LogP contribution in [0.25, 0.3) is 11.0 Å². The maximum atomic E-state index is 14.9. The number of thioether (sulfide) groups is 1. The van der Waals surface area contributed by atoms with E-state index in [4.69, 9.17) is 52.6 Å². The number of cyclic esters (lactones) is 1. The van der Waals surface area contributed by atoms with Gasteiger partial charge in [0.1, 0.15) is 28.8 Å². The van der Waals surface area contributed by atoms with E-state index < -0.39 is 82.6 Å². The number of carbonyl (C=O) groups excluding carboxylic acids is 4. The van der Waals surface area contributed by atoms with E-state index >= 15 is 0 Å². The minimum Gasteiger partial charge on any atom is -0.455 e. The molecular weight excluding hydrogens is 914 g/mol. The summed E-state index contributed by atoms with van der Waals surface area (Å²) in [6.45, 7) is 14.8. The van der Waals surface area contributed by atoms with Gasteiger partial charge in [-0.15, -0.1) is 11.8 Å². The minimum atomic E-state index is -1.39. The number of esters is 2. The quantitative estimate of drug-likeness (QED) is 0.178. The molecule has 3 aromatic rings. The molecule has 6 rings (SSSR count). The number of halogens is 2. The highest BCUT2D eigenvalue weighted by Crippen LogP contribution is 2.49. The maximum absolute atomic E-state index is 14.9. The number of carbonyl (C=O) groups is 4. The lowest BCUT2D eigenvalue weighted by Gasteiger charge is -2.46. The number of pyridine rings is 2. The Balaban J connectivity index is 1.31. The molecule has 362 valence electrons. The normalized spacial score (nSPS) is 33.5. The van der Waals surface area contributed by atoms with E-state index in [2.05, 4.69) is 20.3 Å². The molecule has 20 heteroatoms. The number of imidazole rings is 1. The predicted molar refractivity (Wildman–Crippen MR) is 252 cm³/mol. The molecular formula is C46H63Cl2N7O10S. The molecule has 6 heterocycles. The Hall–Kier alpha value is -3.88. The molecule has 1 amide bonds. The smallest absolute Gasteiger partial charge is 0.333 e. The summed E-state index contributed by atoms with van der Waals surface area (Å²) in [6, 6.07) is -0.241. The number of hydrogen-bond acceptors (Lipinski definition) is 16. The first-order valence-corrected chi connectivity index (χ1v) is 24.0. The van der Waals surface area contributed by atoms with Crippen LogP contribution in [0.5, 0.6) is 0 Å². The summed E-state index contributed by atoms with van der Waals surface area (Å²) < 4.78 is 33.5. The van der Waals surface area contributed by atoms with Gasteiger partial charge in [-0.25, -0.2) is 14.8 Å². The van der Waals surface area contributed by atoms with Gasteiger partial charge in [-0.1, -0.05) is 57.0 Å². The van der Waals surface area contributed by atoms with Crippen LogP contribution in [0.2, 0.25) is 10.0 Å². The second-order valence-electron chi connectivity index (χ2n) is 18.5. The summed E-state index contributed by atoms with van der Waals surface area (Å²) in [5.74, 6) is -4.08. The zero-order valence-electron chi connectivity index (χ0n) is 39.4. The van der Waals surface area contributed by atoms with Crippen molar-refractivity contribution in [2.24, 2.45) is 23.7 Å². The fourth-order valence-corrected chi connectivity index (χ4v) is 12.0. The van der Waals surface area contributed by atoms with Gasteiger partial charge in [0, 0.05) is 73.3 Å². The second kappa shape index (κ2) is 20.8. The lowest BCUT2D eigenvalue weighted by Crippen LogP contribution is -2.58. The van der Waals surface area contributed by atoms with Crippen LogP contribution in [0.4, 0.5) is 11.5 Å². The third-order valence-corrected chi connectivity index (χ3v) is 15.4. The molecule has 4 N–H and O–H groups in total. The number of methoxy groups -OCH3 is 1. The number of aliphatic hydroxyl groups is 1. The summed E-state index contributed by atoms with van der Waals surface area (Å²) in [5, 5.41) is 13.7. The van der Waals surface area contributed by atoms with Gasteiger partial charge in [0.15, 0.2) is 17.7 Å². The van der Waals surface area contributed by atoms with Crippen molar-refractivity contribution in [1.82, 2.24) is 24.4 Å². The molecule has 0 aromatic carbocycles. The van der Waals surface area contributed by atoms with Gasteiger partial charge < -0.3 is 49.3 Å². The molecule has 66 heavy (non-hydrogen) atoms. The molecule has 0 radical (unpaired) electrons. The Labute approximate surface area is 400 Å². The van der Waals surface area contributed by atoms with Crippen molar-refractivity contribution in [3.63, 3.8) is 0 Å². The van der Waals surface area contributed by atoms with E-state index in [1.54, 1.807) is 38.5 Å². The number of nitrogen functional groups attached to an aromatic ring is 1. The first kappa shape index (κ1) is 51.5. The molecule has 0 unspecified atom stereocenters. The van der Waals surface area contributed by atoms with Crippen molar-refractivity contribution in [3.8, 4) is 0 Å². The lowest BCUT2D eigenvalue weighted by atomic mass is 9.70. The number of rotatable bonds is 11. The van der Waals surface area contributed by atoms with Crippen LogP contribution in [0.1, 0.15) is 85.0 Å². The average molecular weight is 977 g/mol. The number of Topliss-reactive ketones (excluding diaryl/α,β-unsaturated/α-hetero) is 1. The van der Waals surface area contributed by atoms with Gasteiger partial charge in [0.2, 0.25) is 0 Å². The number of aliphatic hydroxyl groups excluding tert-OH is 1. The molecule has 17 nitrogen and oxygen atoms in total. The Bertz CT molecular complexity index is 2310. The number of anilines is 2. The molecule has 0 bridgehead atoms. The first-order chi connectivity index (χ1) is 31.1.